The molecule has 0 saturated carbocycles. The van der Waals surface area contributed by atoms with Gasteiger partial charge in [0.2, 0.25) is 0 Å². The van der Waals surface area contributed by atoms with Gasteiger partial charge in [0.1, 0.15) is 17.7 Å². The van der Waals surface area contributed by atoms with Crippen molar-refractivity contribution >= 4 is 0 Å². The summed E-state index contributed by atoms with van der Waals surface area (Å²) in [7, 11) is 0. The van der Waals surface area contributed by atoms with Crippen LogP contribution in [0, 0.1) is 22.7 Å². The van der Waals surface area contributed by atoms with Gasteiger partial charge in [-0.25, -0.2) is 33.9 Å². The SMILES string of the molecule is C=C(C)C1(n2[nH]c(=O)n(-c3ccccc3)c2=O)C2C=CC1c1nc(C#N)c(C#N)nc12. The van der Waals surface area contributed by atoms with Crippen molar-refractivity contribution in [3.8, 4) is 17.8 Å². The highest BCUT2D eigenvalue weighted by molar-refractivity contribution is 5.54. The highest BCUT2D eigenvalue weighted by Crippen LogP contribution is 2.60. The molecule has 0 saturated heterocycles. The average molecular weight is 409 g/mol. The fourth-order valence-electron chi connectivity index (χ4n) is 4.82. The maximum Gasteiger partial charge on any atom is 0.352 e. The number of H-pyrrole nitrogens is 1. The van der Waals surface area contributed by atoms with E-state index in [1.54, 1.807) is 37.3 Å². The predicted octanol–water partition coefficient (Wildman–Crippen LogP) is 1.58. The number of nitrogens with zero attached hydrogens (tertiary/aromatic N) is 6. The summed E-state index contributed by atoms with van der Waals surface area (Å²) in [6.45, 7) is 5.91. The summed E-state index contributed by atoms with van der Waals surface area (Å²) in [6.07, 6.45) is 3.77. The molecule has 0 fully saturated rings. The largest absolute Gasteiger partial charge is 0.352 e. The number of aromatic amines is 1. The second-order valence-corrected chi connectivity index (χ2v) is 7.57. The Morgan fingerprint density at radius 1 is 1.06 bits per heavy atom. The van der Waals surface area contributed by atoms with E-state index in [0.717, 1.165) is 4.57 Å². The van der Waals surface area contributed by atoms with Crippen LogP contribution in [-0.2, 0) is 5.54 Å². The average Bonchev–Trinajstić information content (AvgIpc) is 3.39. The Morgan fingerprint density at radius 3 is 2.10 bits per heavy atom. The molecule has 2 unspecified atom stereocenters. The first-order valence-corrected chi connectivity index (χ1v) is 9.51. The van der Waals surface area contributed by atoms with Crippen LogP contribution < -0.4 is 11.4 Å². The molecule has 150 valence electrons. The summed E-state index contributed by atoms with van der Waals surface area (Å²) in [5.41, 5.74) is -0.281. The smallest absolute Gasteiger partial charge is 0.246 e. The van der Waals surface area contributed by atoms with Crippen LogP contribution in [0.5, 0.6) is 0 Å². The Kier molecular flexibility index (Phi) is 3.73. The fraction of sp³-hybridized carbons (Fsp3) is 0.182. The molecule has 2 bridgehead atoms. The van der Waals surface area contributed by atoms with Gasteiger partial charge in [-0.1, -0.05) is 42.5 Å². The predicted molar refractivity (Wildman–Crippen MR) is 110 cm³/mol. The zero-order valence-corrected chi connectivity index (χ0v) is 16.4. The molecule has 0 amide bonds. The molecule has 2 heterocycles. The minimum absolute atomic E-state index is 0.0690. The first-order valence-electron chi connectivity index (χ1n) is 9.51. The highest BCUT2D eigenvalue weighted by Gasteiger charge is 2.60. The van der Waals surface area contributed by atoms with Gasteiger partial charge in [-0.2, -0.15) is 10.5 Å². The number of fused-ring (bicyclic) bond motifs is 5. The van der Waals surface area contributed by atoms with Crippen LogP contribution in [0.3, 0.4) is 0 Å². The lowest BCUT2D eigenvalue weighted by molar-refractivity contribution is 0.280. The number of hydrogen-bond acceptors (Lipinski definition) is 6. The number of nitriles is 2. The van der Waals surface area contributed by atoms with Crippen molar-refractivity contribution in [1.82, 2.24) is 24.3 Å². The van der Waals surface area contributed by atoms with Crippen molar-refractivity contribution in [2.45, 2.75) is 24.3 Å². The lowest BCUT2D eigenvalue weighted by Crippen LogP contribution is -2.46. The Labute approximate surface area is 175 Å². The van der Waals surface area contributed by atoms with Crippen molar-refractivity contribution in [2.75, 3.05) is 0 Å². The van der Waals surface area contributed by atoms with Crippen molar-refractivity contribution in [1.29, 1.82) is 10.5 Å². The maximum atomic E-state index is 13.5. The van der Waals surface area contributed by atoms with Gasteiger partial charge in [-0.15, -0.1) is 0 Å². The van der Waals surface area contributed by atoms with Gasteiger partial charge in [0.15, 0.2) is 11.4 Å². The van der Waals surface area contributed by atoms with Crippen LogP contribution >= 0.6 is 0 Å². The van der Waals surface area contributed by atoms with Crippen molar-refractivity contribution in [3.05, 3.63) is 98.4 Å². The Bertz CT molecular complexity index is 1440. The van der Waals surface area contributed by atoms with E-state index in [9.17, 15) is 20.1 Å². The molecule has 31 heavy (non-hydrogen) atoms. The Morgan fingerprint density at radius 2 is 1.61 bits per heavy atom. The number of para-hydroxylation sites is 1. The minimum atomic E-state index is -1.08. The second kappa shape index (κ2) is 6.25. The summed E-state index contributed by atoms with van der Waals surface area (Å²) >= 11 is 0. The summed E-state index contributed by atoms with van der Waals surface area (Å²) in [5, 5.41) is 21.4. The molecule has 2 aliphatic rings. The number of nitrogens with one attached hydrogen (secondary N) is 1. The third-order valence-electron chi connectivity index (χ3n) is 6.06. The summed E-state index contributed by atoms with van der Waals surface area (Å²) in [5.74, 6) is -0.949. The topological polar surface area (TPSA) is 133 Å². The van der Waals surface area contributed by atoms with E-state index in [-0.39, 0.29) is 11.4 Å². The van der Waals surface area contributed by atoms with Gasteiger partial charge in [0, 0.05) is 0 Å². The van der Waals surface area contributed by atoms with Crippen LogP contribution in [0.4, 0.5) is 0 Å². The first kappa shape index (κ1) is 18.5. The van der Waals surface area contributed by atoms with E-state index in [1.807, 2.05) is 24.3 Å². The summed E-state index contributed by atoms with van der Waals surface area (Å²) in [4.78, 5) is 35.1. The zero-order chi connectivity index (χ0) is 21.9. The first-order chi connectivity index (χ1) is 14.9. The quantitative estimate of drug-likeness (QED) is 0.653. The number of rotatable bonds is 3. The van der Waals surface area contributed by atoms with Crippen molar-refractivity contribution in [2.24, 2.45) is 0 Å². The molecular formula is C22H15N7O2. The Balaban J connectivity index is 1.79. The number of hydrogen-bond donors (Lipinski definition) is 1. The number of benzene rings is 1. The molecular weight excluding hydrogens is 394 g/mol. The molecule has 0 aliphatic heterocycles. The molecule has 1 aromatic carbocycles. The van der Waals surface area contributed by atoms with Crippen LogP contribution in [0.1, 0.15) is 41.5 Å². The molecule has 0 radical (unpaired) electrons. The number of allylic oxidation sites excluding steroid dienone is 3. The van der Waals surface area contributed by atoms with Gasteiger partial charge >= 0.3 is 11.4 Å². The molecule has 5 rings (SSSR count). The molecule has 0 spiro atoms. The molecule has 2 aromatic heterocycles. The second-order valence-electron chi connectivity index (χ2n) is 7.57. The third-order valence-corrected chi connectivity index (χ3v) is 6.06. The molecule has 9 heteroatoms. The summed E-state index contributed by atoms with van der Waals surface area (Å²) < 4.78 is 2.36. The van der Waals surface area contributed by atoms with E-state index < -0.39 is 28.8 Å². The highest BCUT2D eigenvalue weighted by atomic mass is 16.2. The van der Waals surface area contributed by atoms with E-state index in [4.69, 9.17) is 0 Å². The van der Waals surface area contributed by atoms with Gasteiger partial charge in [0.05, 0.1) is 28.9 Å². The third kappa shape index (κ3) is 2.17. The van der Waals surface area contributed by atoms with Crippen molar-refractivity contribution < 1.29 is 0 Å². The molecule has 2 aliphatic carbocycles. The van der Waals surface area contributed by atoms with Crippen molar-refractivity contribution in [3.63, 3.8) is 0 Å². The molecule has 1 N–H and O–H groups in total. The normalized spacial score (nSPS) is 22.7. The van der Waals surface area contributed by atoms with Gasteiger partial charge < -0.3 is 0 Å². The zero-order valence-electron chi connectivity index (χ0n) is 16.4. The fourth-order valence-corrected chi connectivity index (χ4v) is 4.82. The van der Waals surface area contributed by atoms with Crippen LogP contribution in [0.15, 0.2) is 64.2 Å². The standard InChI is InChI=1S/C22H15N7O2/c1-12(2)22(29-21(31)28(20(30)27-29)13-6-4-3-5-7-13)14-8-9-15(22)19-18(14)25-16(10-23)17(11-24)26-19/h3-9,14-15H,1H2,2H3,(H,27,30). The van der Waals surface area contributed by atoms with Gasteiger partial charge in [-0.3, -0.25) is 0 Å². The minimum Gasteiger partial charge on any atom is -0.246 e. The summed E-state index contributed by atoms with van der Waals surface area (Å²) in [6, 6.07) is 12.4. The van der Waals surface area contributed by atoms with E-state index in [1.165, 1.54) is 4.68 Å². The van der Waals surface area contributed by atoms with E-state index >= 15 is 0 Å². The molecule has 3 aromatic rings. The Hall–Kier alpha value is -4.50. The van der Waals surface area contributed by atoms with Gasteiger partial charge in [-0.05, 0) is 19.1 Å². The molecule has 9 nitrogen and oxygen atoms in total. The lowest BCUT2D eigenvalue weighted by atomic mass is 9.79. The van der Waals surface area contributed by atoms with Crippen LogP contribution in [-0.4, -0.2) is 24.3 Å². The van der Waals surface area contributed by atoms with E-state index in [2.05, 4.69) is 21.6 Å². The monoisotopic (exact) mass is 409 g/mol. The van der Waals surface area contributed by atoms with E-state index in [0.29, 0.717) is 22.6 Å². The lowest BCUT2D eigenvalue weighted by Gasteiger charge is -2.35. The molecule has 2 atom stereocenters. The maximum absolute atomic E-state index is 13.5. The van der Waals surface area contributed by atoms with Crippen LogP contribution in [0.2, 0.25) is 0 Å². The van der Waals surface area contributed by atoms with Gasteiger partial charge in [0.25, 0.3) is 0 Å². The van der Waals surface area contributed by atoms with Crippen LogP contribution in [0.25, 0.3) is 5.69 Å². The number of aromatic nitrogens is 5.